The van der Waals surface area contributed by atoms with E-state index in [9.17, 15) is 14.7 Å². The number of benzene rings is 1. The lowest BCUT2D eigenvalue weighted by Crippen LogP contribution is -2.14. The van der Waals surface area contributed by atoms with Gasteiger partial charge in [0.2, 0.25) is 0 Å². The number of carbonyl (C=O) groups is 2. The number of aromatic carboxylic acids is 1. The summed E-state index contributed by atoms with van der Waals surface area (Å²) in [6.07, 6.45) is 0.731. The van der Waals surface area contributed by atoms with Crippen LogP contribution in [0.4, 0.5) is 5.00 Å². The number of hydrogen-bond acceptors (Lipinski definition) is 3. The van der Waals surface area contributed by atoms with E-state index in [1.54, 1.807) is 18.2 Å². The number of hydrogen-bond donors (Lipinski definition) is 2. The molecular formula is C15H14BrNO3S. The highest BCUT2D eigenvalue weighted by Gasteiger charge is 2.18. The van der Waals surface area contributed by atoms with Crippen molar-refractivity contribution in [1.29, 1.82) is 0 Å². The summed E-state index contributed by atoms with van der Waals surface area (Å²) in [4.78, 5) is 24.5. The van der Waals surface area contributed by atoms with Crippen LogP contribution >= 0.6 is 27.3 Å². The fourth-order valence-corrected chi connectivity index (χ4v) is 3.29. The highest BCUT2D eigenvalue weighted by molar-refractivity contribution is 9.10. The maximum absolute atomic E-state index is 12.3. The zero-order valence-electron chi connectivity index (χ0n) is 11.6. The number of anilines is 1. The van der Waals surface area contributed by atoms with Crippen LogP contribution in [0.2, 0.25) is 0 Å². The summed E-state index contributed by atoms with van der Waals surface area (Å²) in [5.41, 5.74) is 1.56. The minimum absolute atomic E-state index is 0.133. The van der Waals surface area contributed by atoms with Crippen LogP contribution in [0, 0.1) is 6.92 Å². The second-order valence-electron chi connectivity index (χ2n) is 4.50. The topological polar surface area (TPSA) is 66.4 Å². The van der Waals surface area contributed by atoms with Gasteiger partial charge in [0.05, 0.1) is 11.1 Å². The standard InChI is InChI=1S/C15H14BrNO3S/c1-3-9-7-11(15(19)20)14(21-9)17-13(18)10-6-4-5-8(2)12(10)16/h4-7H,3H2,1-2H3,(H,17,18)(H,19,20). The SMILES string of the molecule is CCc1cc(C(=O)O)c(NC(=O)c2cccc(C)c2Br)s1. The van der Waals surface area contributed by atoms with E-state index in [2.05, 4.69) is 21.2 Å². The Morgan fingerprint density at radius 3 is 2.67 bits per heavy atom. The molecule has 0 spiro atoms. The largest absolute Gasteiger partial charge is 0.478 e. The van der Waals surface area contributed by atoms with Crippen LogP contribution in [-0.4, -0.2) is 17.0 Å². The zero-order valence-corrected chi connectivity index (χ0v) is 14.0. The molecule has 1 heterocycles. The van der Waals surface area contributed by atoms with Gasteiger partial charge in [-0.1, -0.05) is 19.1 Å². The minimum atomic E-state index is -1.04. The second-order valence-corrected chi connectivity index (χ2v) is 6.43. The average Bonchev–Trinajstić information content (AvgIpc) is 2.85. The quantitative estimate of drug-likeness (QED) is 0.844. The fourth-order valence-electron chi connectivity index (χ4n) is 1.86. The molecule has 2 N–H and O–H groups in total. The van der Waals surface area contributed by atoms with E-state index in [1.807, 2.05) is 19.9 Å². The Morgan fingerprint density at radius 1 is 1.33 bits per heavy atom. The number of carbonyl (C=O) groups excluding carboxylic acids is 1. The first-order chi connectivity index (χ1) is 9.93. The lowest BCUT2D eigenvalue weighted by atomic mass is 10.1. The summed E-state index contributed by atoms with van der Waals surface area (Å²) < 4.78 is 0.714. The smallest absolute Gasteiger partial charge is 0.338 e. The van der Waals surface area contributed by atoms with Crippen LogP contribution < -0.4 is 5.32 Å². The first-order valence-corrected chi connectivity index (χ1v) is 7.97. The van der Waals surface area contributed by atoms with Crippen LogP contribution in [0.25, 0.3) is 0 Å². The van der Waals surface area contributed by atoms with Crippen molar-refractivity contribution in [3.8, 4) is 0 Å². The number of thiophene rings is 1. The van der Waals surface area contributed by atoms with Gasteiger partial charge in [0, 0.05) is 9.35 Å². The van der Waals surface area contributed by atoms with E-state index < -0.39 is 5.97 Å². The molecule has 0 bridgehead atoms. The number of carboxylic acids is 1. The third-order valence-electron chi connectivity index (χ3n) is 3.03. The first-order valence-electron chi connectivity index (χ1n) is 6.36. The fraction of sp³-hybridized carbons (Fsp3) is 0.200. The van der Waals surface area contributed by atoms with E-state index in [1.165, 1.54) is 11.3 Å². The third kappa shape index (κ3) is 3.33. The molecule has 0 aliphatic rings. The first kappa shape index (κ1) is 15.7. The Balaban J connectivity index is 2.33. The van der Waals surface area contributed by atoms with Gasteiger partial charge in [-0.25, -0.2) is 4.79 Å². The van der Waals surface area contributed by atoms with Crippen molar-refractivity contribution < 1.29 is 14.7 Å². The molecule has 1 aromatic carbocycles. The number of nitrogens with one attached hydrogen (secondary N) is 1. The normalized spacial score (nSPS) is 10.4. The number of halogens is 1. The van der Waals surface area contributed by atoms with Crippen LogP contribution in [0.15, 0.2) is 28.7 Å². The van der Waals surface area contributed by atoms with Gasteiger partial charge in [0.25, 0.3) is 5.91 Å². The van der Waals surface area contributed by atoms with Crippen molar-refractivity contribution in [2.75, 3.05) is 5.32 Å². The van der Waals surface area contributed by atoms with Gasteiger partial charge in [-0.05, 0) is 47.0 Å². The molecule has 0 fully saturated rings. The van der Waals surface area contributed by atoms with Gasteiger partial charge in [-0.3, -0.25) is 4.79 Å². The summed E-state index contributed by atoms with van der Waals surface area (Å²) in [5, 5.41) is 12.3. The highest BCUT2D eigenvalue weighted by atomic mass is 79.9. The number of amides is 1. The van der Waals surface area contributed by atoms with Gasteiger partial charge >= 0.3 is 5.97 Å². The summed E-state index contributed by atoms with van der Waals surface area (Å²) >= 11 is 4.68. The van der Waals surface area contributed by atoms with E-state index in [0.717, 1.165) is 16.9 Å². The summed E-state index contributed by atoms with van der Waals surface area (Å²) in [5.74, 6) is -1.36. The lowest BCUT2D eigenvalue weighted by Gasteiger charge is -2.07. The van der Waals surface area contributed by atoms with Crippen LogP contribution in [0.1, 0.15) is 38.1 Å². The van der Waals surface area contributed by atoms with Crippen molar-refractivity contribution >= 4 is 44.1 Å². The molecule has 0 radical (unpaired) electrons. The third-order valence-corrected chi connectivity index (χ3v) is 5.27. The van der Waals surface area contributed by atoms with Gasteiger partial charge in [-0.2, -0.15) is 0 Å². The van der Waals surface area contributed by atoms with E-state index in [0.29, 0.717) is 15.0 Å². The van der Waals surface area contributed by atoms with Gasteiger partial charge in [0.15, 0.2) is 0 Å². The van der Waals surface area contributed by atoms with Crippen molar-refractivity contribution in [3.05, 3.63) is 50.3 Å². The zero-order chi connectivity index (χ0) is 15.6. The molecule has 0 aliphatic carbocycles. The molecule has 0 atom stereocenters. The van der Waals surface area contributed by atoms with E-state index in [-0.39, 0.29) is 11.5 Å². The lowest BCUT2D eigenvalue weighted by molar-refractivity contribution is 0.0698. The minimum Gasteiger partial charge on any atom is -0.478 e. The van der Waals surface area contributed by atoms with Gasteiger partial charge in [-0.15, -0.1) is 11.3 Å². The molecule has 2 rings (SSSR count). The monoisotopic (exact) mass is 367 g/mol. The Hall–Kier alpha value is -1.66. The molecule has 0 unspecified atom stereocenters. The number of rotatable bonds is 4. The van der Waals surface area contributed by atoms with Crippen molar-refractivity contribution in [3.63, 3.8) is 0 Å². The van der Waals surface area contributed by atoms with Crippen LogP contribution in [0.3, 0.4) is 0 Å². The van der Waals surface area contributed by atoms with Gasteiger partial charge in [0.1, 0.15) is 5.00 Å². The molecule has 0 saturated carbocycles. The molecule has 4 nitrogen and oxygen atoms in total. The Bertz CT molecular complexity index is 709. The van der Waals surface area contributed by atoms with Crippen LogP contribution in [0.5, 0.6) is 0 Å². The molecule has 110 valence electrons. The van der Waals surface area contributed by atoms with Crippen LogP contribution in [-0.2, 0) is 6.42 Å². The maximum Gasteiger partial charge on any atom is 0.338 e. The number of aryl methyl sites for hydroxylation is 2. The highest BCUT2D eigenvalue weighted by Crippen LogP contribution is 2.30. The predicted octanol–water partition coefficient (Wildman–Crippen LogP) is 4.33. The van der Waals surface area contributed by atoms with Gasteiger partial charge < -0.3 is 10.4 Å². The molecule has 21 heavy (non-hydrogen) atoms. The Labute approximate surface area is 134 Å². The van der Waals surface area contributed by atoms with E-state index in [4.69, 9.17) is 0 Å². The summed E-state index contributed by atoms with van der Waals surface area (Å²) in [7, 11) is 0. The number of carboxylic acid groups (broad SMARTS) is 1. The molecule has 0 saturated heterocycles. The molecule has 1 aromatic heterocycles. The van der Waals surface area contributed by atoms with Crippen molar-refractivity contribution in [2.24, 2.45) is 0 Å². The molecule has 0 aliphatic heterocycles. The molecule has 6 heteroatoms. The summed E-state index contributed by atoms with van der Waals surface area (Å²) in [6.45, 7) is 3.84. The van der Waals surface area contributed by atoms with Crippen molar-refractivity contribution in [2.45, 2.75) is 20.3 Å². The summed E-state index contributed by atoms with van der Waals surface area (Å²) in [6, 6.07) is 6.98. The average molecular weight is 368 g/mol. The Morgan fingerprint density at radius 2 is 2.05 bits per heavy atom. The molecule has 1 amide bonds. The molecular weight excluding hydrogens is 354 g/mol. The second kappa shape index (κ2) is 6.41. The maximum atomic E-state index is 12.3. The van der Waals surface area contributed by atoms with E-state index >= 15 is 0 Å². The predicted molar refractivity (Wildman–Crippen MR) is 87.5 cm³/mol. The van der Waals surface area contributed by atoms with Crippen molar-refractivity contribution in [1.82, 2.24) is 0 Å². The Kier molecular flexibility index (Phi) is 4.80. The molecule has 2 aromatic rings.